The number of nitrogens with two attached hydrogens (primary N) is 1. The molecule has 1 heterocycles. The zero-order chi connectivity index (χ0) is 15.9. The minimum absolute atomic E-state index is 0.436. The number of primary amides is 1. The quantitative estimate of drug-likeness (QED) is 0.824. The third-order valence-electron chi connectivity index (χ3n) is 3.45. The molecule has 0 fully saturated rings. The van der Waals surface area contributed by atoms with Gasteiger partial charge in [-0.2, -0.15) is 0 Å². The number of pyridine rings is 1. The first-order valence-corrected chi connectivity index (χ1v) is 7.29. The average molecular weight is 299 g/mol. The number of nitrogens with zero attached hydrogens (tertiary/aromatic N) is 1. The number of amides is 1. The van der Waals surface area contributed by atoms with E-state index in [9.17, 15) is 4.79 Å². The number of hydrogen-bond donors (Lipinski definition) is 2. The number of aryl methyl sites for hydroxylation is 1. The van der Waals surface area contributed by atoms with Crippen LogP contribution in [0.25, 0.3) is 0 Å². The van der Waals surface area contributed by atoms with Crippen LogP contribution in [0, 0.1) is 0 Å². The monoisotopic (exact) mass is 299 g/mol. The number of carbonyl (C=O) groups excluding carboxylic acids is 1. The van der Waals surface area contributed by atoms with Crippen LogP contribution >= 0.6 is 0 Å². The Hall–Kier alpha value is -2.56. The molecule has 2 aromatic rings. The third-order valence-corrected chi connectivity index (χ3v) is 3.45. The molecule has 0 aliphatic heterocycles. The number of carbonyl (C=O) groups is 1. The largest absolute Gasteiger partial charge is 0.494 e. The molecule has 22 heavy (non-hydrogen) atoms. The van der Waals surface area contributed by atoms with Gasteiger partial charge in [0.05, 0.1) is 18.4 Å². The second-order valence-corrected chi connectivity index (χ2v) is 5.00. The van der Waals surface area contributed by atoms with Crippen LogP contribution in [0.4, 0.5) is 5.69 Å². The van der Waals surface area contributed by atoms with Crippen molar-refractivity contribution in [3.05, 3.63) is 53.3 Å². The lowest BCUT2D eigenvalue weighted by Crippen LogP contribution is -2.16. The summed E-state index contributed by atoms with van der Waals surface area (Å²) in [5.41, 5.74) is 8.70. The van der Waals surface area contributed by atoms with Crippen molar-refractivity contribution in [2.45, 2.75) is 26.3 Å². The number of ether oxygens (including phenoxy) is 1. The fraction of sp³-hybridized carbons (Fsp3) is 0.294. The Balaban J connectivity index is 2.36. The molecule has 2 rings (SSSR count). The molecule has 1 amide bonds. The molecule has 0 unspecified atom stereocenters. The summed E-state index contributed by atoms with van der Waals surface area (Å²) < 4.78 is 5.53. The lowest BCUT2D eigenvalue weighted by Gasteiger charge is -2.17. The molecule has 0 saturated heterocycles. The zero-order valence-electron chi connectivity index (χ0n) is 12.9. The Kier molecular flexibility index (Phi) is 5.36. The Morgan fingerprint density at radius 3 is 2.59 bits per heavy atom. The predicted molar refractivity (Wildman–Crippen MR) is 87.1 cm³/mol. The van der Waals surface area contributed by atoms with Gasteiger partial charge in [0.2, 0.25) is 0 Å². The number of rotatable bonds is 7. The van der Waals surface area contributed by atoms with Crippen molar-refractivity contribution in [2.75, 3.05) is 12.4 Å². The molecule has 0 saturated carbocycles. The zero-order valence-corrected chi connectivity index (χ0v) is 12.9. The van der Waals surface area contributed by atoms with E-state index in [0.717, 1.165) is 24.0 Å². The van der Waals surface area contributed by atoms with Crippen LogP contribution in [0.3, 0.4) is 0 Å². The summed E-state index contributed by atoms with van der Waals surface area (Å²) in [5, 5.41) is 3.28. The Bertz CT molecular complexity index is 642. The van der Waals surface area contributed by atoms with Gasteiger partial charge in [-0.3, -0.25) is 9.78 Å². The maximum Gasteiger partial charge on any atom is 0.250 e. The molecule has 116 valence electrons. The molecular formula is C17H21N3O2. The fourth-order valence-corrected chi connectivity index (χ4v) is 2.40. The molecular weight excluding hydrogens is 278 g/mol. The van der Waals surface area contributed by atoms with Gasteiger partial charge in [-0.1, -0.05) is 19.4 Å². The van der Waals surface area contributed by atoms with E-state index < -0.39 is 5.91 Å². The highest BCUT2D eigenvalue weighted by Gasteiger charge is 2.17. The van der Waals surface area contributed by atoms with Crippen LogP contribution in [0.2, 0.25) is 0 Å². The SMILES string of the molecule is CCCc1ccc(C(N)=O)c(NCc2ccncc2)c1OC. The van der Waals surface area contributed by atoms with Gasteiger partial charge >= 0.3 is 0 Å². The van der Waals surface area contributed by atoms with Crippen molar-refractivity contribution in [2.24, 2.45) is 5.73 Å². The summed E-state index contributed by atoms with van der Waals surface area (Å²) in [5.74, 6) is 0.214. The molecule has 1 aromatic carbocycles. The molecule has 1 aromatic heterocycles. The smallest absolute Gasteiger partial charge is 0.250 e. The normalized spacial score (nSPS) is 10.3. The van der Waals surface area contributed by atoms with Crippen LogP contribution in [0.15, 0.2) is 36.7 Å². The van der Waals surface area contributed by atoms with E-state index in [1.54, 1.807) is 25.6 Å². The van der Waals surface area contributed by atoms with Crippen molar-refractivity contribution in [1.29, 1.82) is 0 Å². The number of anilines is 1. The first-order valence-electron chi connectivity index (χ1n) is 7.29. The van der Waals surface area contributed by atoms with E-state index >= 15 is 0 Å². The minimum atomic E-state index is -0.474. The Labute approximate surface area is 130 Å². The van der Waals surface area contributed by atoms with Gasteiger partial charge < -0.3 is 15.8 Å². The van der Waals surface area contributed by atoms with Gasteiger partial charge in [0.1, 0.15) is 5.75 Å². The molecule has 0 bridgehead atoms. The van der Waals surface area contributed by atoms with Crippen LogP contribution in [-0.2, 0) is 13.0 Å². The van der Waals surface area contributed by atoms with Gasteiger partial charge in [-0.05, 0) is 35.7 Å². The first kappa shape index (κ1) is 15.8. The fourth-order valence-electron chi connectivity index (χ4n) is 2.40. The van der Waals surface area contributed by atoms with E-state index in [-0.39, 0.29) is 0 Å². The van der Waals surface area contributed by atoms with Gasteiger partial charge in [0, 0.05) is 18.9 Å². The third kappa shape index (κ3) is 3.55. The maximum atomic E-state index is 11.7. The lowest BCUT2D eigenvalue weighted by atomic mass is 10.0. The molecule has 0 atom stereocenters. The van der Waals surface area contributed by atoms with Gasteiger partial charge in [-0.15, -0.1) is 0 Å². The van der Waals surface area contributed by atoms with E-state index in [0.29, 0.717) is 23.5 Å². The predicted octanol–water partition coefficient (Wildman–Crippen LogP) is 2.75. The number of aromatic nitrogens is 1. The molecule has 3 N–H and O–H groups in total. The summed E-state index contributed by atoms with van der Waals surface area (Å²) in [6.45, 7) is 2.67. The molecule has 5 nitrogen and oxygen atoms in total. The van der Waals surface area contributed by atoms with Crippen LogP contribution in [-0.4, -0.2) is 18.0 Å². The van der Waals surface area contributed by atoms with Crippen molar-refractivity contribution in [1.82, 2.24) is 4.98 Å². The number of hydrogen-bond acceptors (Lipinski definition) is 4. The van der Waals surface area contributed by atoms with E-state index in [1.165, 1.54) is 0 Å². The highest BCUT2D eigenvalue weighted by atomic mass is 16.5. The second kappa shape index (κ2) is 7.45. The number of benzene rings is 1. The summed E-state index contributed by atoms with van der Waals surface area (Å²) in [7, 11) is 1.61. The standard InChI is InChI=1S/C17H21N3O2/c1-3-4-13-5-6-14(17(18)21)15(16(13)22-2)20-11-12-7-9-19-10-8-12/h5-10,20H,3-4,11H2,1-2H3,(H2,18,21). The molecule has 0 spiro atoms. The summed E-state index contributed by atoms with van der Waals surface area (Å²) in [4.78, 5) is 15.7. The van der Waals surface area contributed by atoms with Gasteiger partial charge in [0.15, 0.2) is 0 Å². The van der Waals surface area contributed by atoms with Crippen molar-refractivity contribution < 1.29 is 9.53 Å². The minimum Gasteiger partial charge on any atom is -0.494 e. The summed E-state index contributed by atoms with van der Waals surface area (Å²) >= 11 is 0. The Morgan fingerprint density at radius 2 is 2.00 bits per heavy atom. The highest BCUT2D eigenvalue weighted by Crippen LogP contribution is 2.33. The Morgan fingerprint density at radius 1 is 1.27 bits per heavy atom. The number of nitrogens with one attached hydrogen (secondary N) is 1. The molecule has 0 aliphatic carbocycles. The highest BCUT2D eigenvalue weighted by molar-refractivity contribution is 6.00. The topological polar surface area (TPSA) is 77.2 Å². The summed E-state index contributed by atoms with van der Waals surface area (Å²) in [6, 6.07) is 7.49. The van der Waals surface area contributed by atoms with Crippen LogP contribution in [0.1, 0.15) is 34.8 Å². The maximum absolute atomic E-state index is 11.7. The molecule has 0 aliphatic rings. The van der Waals surface area contributed by atoms with Crippen LogP contribution < -0.4 is 15.8 Å². The van der Waals surface area contributed by atoms with Crippen molar-refractivity contribution >= 4 is 11.6 Å². The molecule has 5 heteroatoms. The second-order valence-electron chi connectivity index (χ2n) is 5.00. The van der Waals surface area contributed by atoms with E-state index in [4.69, 9.17) is 10.5 Å². The van der Waals surface area contributed by atoms with Crippen molar-refractivity contribution in [3.8, 4) is 5.75 Å². The van der Waals surface area contributed by atoms with Crippen molar-refractivity contribution in [3.63, 3.8) is 0 Å². The summed E-state index contributed by atoms with van der Waals surface area (Å²) in [6.07, 6.45) is 5.34. The van der Waals surface area contributed by atoms with Gasteiger partial charge in [-0.25, -0.2) is 0 Å². The van der Waals surface area contributed by atoms with E-state index in [1.807, 2.05) is 18.2 Å². The van der Waals surface area contributed by atoms with Crippen LogP contribution in [0.5, 0.6) is 5.75 Å². The number of methoxy groups -OCH3 is 1. The van der Waals surface area contributed by atoms with Gasteiger partial charge in [0.25, 0.3) is 5.91 Å². The first-order chi connectivity index (χ1) is 10.7. The average Bonchev–Trinajstić information content (AvgIpc) is 2.53. The lowest BCUT2D eigenvalue weighted by molar-refractivity contribution is 0.100. The molecule has 0 radical (unpaired) electrons. The van der Waals surface area contributed by atoms with E-state index in [2.05, 4.69) is 17.2 Å².